The monoisotopic (exact) mass is 843 g/mol. The van der Waals surface area contributed by atoms with E-state index in [2.05, 4.69) is 254 Å². The van der Waals surface area contributed by atoms with Crippen molar-refractivity contribution in [2.24, 2.45) is 0 Å². The van der Waals surface area contributed by atoms with E-state index in [1.165, 1.54) is 97.4 Å². The molecule has 13 rings (SSSR count). The molecular weight excluding hydrogens is 803 g/mol. The molecule has 65 heavy (non-hydrogen) atoms. The molecule has 304 valence electrons. The van der Waals surface area contributed by atoms with Crippen molar-refractivity contribution in [1.82, 2.24) is 0 Å². The molecule has 0 fully saturated rings. The van der Waals surface area contributed by atoms with Crippen molar-refractivity contribution < 1.29 is 0 Å². The first-order valence-electron chi connectivity index (χ1n) is 22.4. The molecule has 1 nitrogen and oxygen atoms in total. The maximum Gasteiger partial charge on any atom is 0.0714 e. The molecule has 0 saturated carbocycles. The van der Waals surface area contributed by atoms with Crippen LogP contribution in [0.4, 0.5) is 17.1 Å². The van der Waals surface area contributed by atoms with Crippen LogP contribution in [0.5, 0.6) is 0 Å². The van der Waals surface area contributed by atoms with Crippen molar-refractivity contribution in [3.05, 3.63) is 271 Å². The Labute approximate surface area is 382 Å². The highest BCUT2D eigenvalue weighted by Gasteiger charge is 2.46. The van der Waals surface area contributed by atoms with Gasteiger partial charge in [-0.15, -0.1) is 11.3 Å². The van der Waals surface area contributed by atoms with Crippen LogP contribution in [-0.4, -0.2) is 0 Å². The summed E-state index contributed by atoms with van der Waals surface area (Å²) in [5, 5.41) is 7.55. The minimum Gasteiger partial charge on any atom is -0.310 e. The highest BCUT2D eigenvalue weighted by molar-refractivity contribution is 7.25. The lowest BCUT2D eigenvalue weighted by Crippen LogP contribution is -2.28. The van der Waals surface area contributed by atoms with Crippen LogP contribution in [0.2, 0.25) is 0 Å². The van der Waals surface area contributed by atoms with Gasteiger partial charge in [-0.05, 0) is 144 Å². The van der Waals surface area contributed by atoms with Crippen molar-refractivity contribution in [2.75, 3.05) is 4.90 Å². The van der Waals surface area contributed by atoms with Crippen molar-refractivity contribution in [3.63, 3.8) is 0 Å². The molecule has 0 atom stereocenters. The molecule has 11 aromatic carbocycles. The van der Waals surface area contributed by atoms with Crippen LogP contribution in [0.3, 0.4) is 0 Å². The third kappa shape index (κ3) is 6.06. The Hall–Kier alpha value is -8.04. The Kier molecular flexibility index (Phi) is 8.69. The summed E-state index contributed by atoms with van der Waals surface area (Å²) in [4.78, 5) is 2.45. The summed E-state index contributed by atoms with van der Waals surface area (Å²) in [6, 6.07) is 92.3. The predicted molar refractivity (Wildman–Crippen MR) is 277 cm³/mol. The van der Waals surface area contributed by atoms with E-state index < -0.39 is 5.41 Å². The van der Waals surface area contributed by atoms with E-state index in [-0.39, 0.29) is 0 Å². The molecule has 0 aliphatic heterocycles. The first-order chi connectivity index (χ1) is 32.2. The molecule has 0 N–H and O–H groups in total. The van der Waals surface area contributed by atoms with Gasteiger partial charge >= 0.3 is 0 Å². The Balaban J connectivity index is 0.962. The Morgan fingerprint density at radius 1 is 0.292 bits per heavy atom. The topological polar surface area (TPSA) is 3.24 Å². The lowest BCUT2D eigenvalue weighted by molar-refractivity contribution is 0.768. The predicted octanol–water partition coefficient (Wildman–Crippen LogP) is 17.5. The lowest BCUT2D eigenvalue weighted by atomic mass is 9.67. The van der Waals surface area contributed by atoms with Crippen LogP contribution in [0, 0.1) is 0 Å². The van der Waals surface area contributed by atoms with E-state index in [4.69, 9.17) is 0 Å². The average molecular weight is 844 g/mol. The summed E-state index contributed by atoms with van der Waals surface area (Å²) >= 11 is 1.86. The Bertz CT molecular complexity index is 3730. The van der Waals surface area contributed by atoms with Crippen LogP contribution in [0.15, 0.2) is 249 Å². The molecule has 0 unspecified atom stereocenters. The first-order valence-corrected chi connectivity index (χ1v) is 23.2. The third-order valence-corrected chi connectivity index (χ3v) is 14.9. The van der Waals surface area contributed by atoms with E-state index in [1.54, 1.807) is 0 Å². The zero-order valence-corrected chi connectivity index (χ0v) is 36.3. The second-order valence-electron chi connectivity index (χ2n) is 17.3. The fourth-order valence-corrected chi connectivity index (χ4v) is 11.7. The molecule has 1 heterocycles. The van der Waals surface area contributed by atoms with E-state index >= 15 is 0 Å². The summed E-state index contributed by atoms with van der Waals surface area (Å²) < 4.78 is 2.60. The smallest absolute Gasteiger partial charge is 0.0714 e. The number of rotatable bonds is 7. The van der Waals surface area contributed by atoms with Crippen LogP contribution in [0.25, 0.3) is 75.1 Å². The second-order valence-corrected chi connectivity index (χ2v) is 18.3. The van der Waals surface area contributed by atoms with Crippen molar-refractivity contribution >= 4 is 70.1 Å². The van der Waals surface area contributed by atoms with Gasteiger partial charge in [-0.1, -0.05) is 182 Å². The molecule has 1 aromatic heterocycles. The van der Waals surface area contributed by atoms with Gasteiger partial charge in [-0.25, -0.2) is 0 Å². The fourth-order valence-electron chi connectivity index (χ4n) is 10.6. The molecular formula is C63H41NS. The van der Waals surface area contributed by atoms with E-state index in [9.17, 15) is 0 Å². The molecule has 0 radical (unpaired) electrons. The highest BCUT2D eigenvalue weighted by Crippen LogP contribution is 2.57. The van der Waals surface area contributed by atoms with Gasteiger partial charge in [0.1, 0.15) is 0 Å². The minimum absolute atomic E-state index is 0.502. The van der Waals surface area contributed by atoms with E-state index in [0.717, 1.165) is 17.1 Å². The largest absolute Gasteiger partial charge is 0.310 e. The van der Waals surface area contributed by atoms with Gasteiger partial charge in [0.25, 0.3) is 0 Å². The molecule has 1 aliphatic rings. The molecule has 0 spiro atoms. The number of thiophene rings is 1. The highest BCUT2D eigenvalue weighted by atomic mass is 32.1. The Morgan fingerprint density at radius 3 is 1.54 bits per heavy atom. The van der Waals surface area contributed by atoms with Crippen LogP contribution in [-0.2, 0) is 5.41 Å². The summed E-state index contributed by atoms with van der Waals surface area (Å²) in [5.74, 6) is 0. The average Bonchev–Trinajstić information content (AvgIpc) is 3.90. The van der Waals surface area contributed by atoms with Crippen molar-refractivity contribution in [1.29, 1.82) is 0 Å². The molecule has 0 amide bonds. The second kappa shape index (κ2) is 15.1. The van der Waals surface area contributed by atoms with Gasteiger partial charge in [0.15, 0.2) is 0 Å². The van der Waals surface area contributed by atoms with Crippen molar-refractivity contribution in [2.45, 2.75) is 5.41 Å². The number of fused-ring (bicyclic) bond motifs is 8. The minimum atomic E-state index is -0.502. The summed E-state index contributed by atoms with van der Waals surface area (Å²) in [6.45, 7) is 0. The fraction of sp³-hybridized carbons (Fsp3) is 0.0159. The molecule has 0 saturated heterocycles. The van der Waals surface area contributed by atoms with Crippen molar-refractivity contribution in [3.8, 4) is 33.4 Å². The van der Waals surface area contributed by atoms with Crippen LogP contribution >= 0.6 is 11.3 Å². The maximum absolute atomic E-state index is 2.47. The van der Waals surface area contributed by atoms with E-state index in [0.29, 0.717) is 0 Å². The first kappa shape index (κ1) is 37.5. The van der Waals surface area contributed by atoms with Gasteiger partial charge in [0.05, 0.1) is 5.41 Å². The molecule has 2 heteroatoms. The molecule has 12 aromatic rings. The summed E-state index contributed by atoms with van der Waals surface area (Å²) in [6.07, 6.45) is 0. The van der Waals surface area contributed by atoms with Gasteiger partial charge in [-0.2, -0.15) is 0 Å². The third-order valence-electron chi connectivity index (χ3n) is 13.7. The summed E-state index contributed by atoms with van der Waals surface area (Å²) in [5.41, 5.74) is 15.4. The van der Waals surface area contributed by atoms with E-state index in [1.807, 2.05) is 11.3 Å². The number of nitrogens with zero attached hydrogens (tertiary/aromatic N) is 1. The van der Waals surface area contributed by atoms with Gasteiger partial charge in [0.2, 0.25) is 0 Å². The summed E-state index contributed by atoms with van der Waals surface area (Å²) in [7, 11) is 0. The number of hydrogen-bond acceptors (Lipinski definition) is 2. The Morgan fingerprint density at radius 2 is 0.800 bits per heavy atom. The SMILES string of the molecule is c1ccc(C2(c3ccccc3)c3ccccc3-c3ccc(N(c4ccc(-c5ccc6ccc(-c7ccc8ccccc8c7)cc6c5)cc4)c4ccc5sc6ccccc6c5c4)cc32)cc1. The quantitative estimate of drug-likeness (QED) is 0.154. The normalized spacial score (nSPS) is 12.7. The number of anilines is 3. The van der Waals surface area contributed by atoms with Crippen LogP contribution in [0.1, 0.15) is 22.3 Å². The zero-order chi connectivity index (χ0) is 42.9. The van der Waals surface area contributed by atoms with Gasteiger partial charge in [0, 0.05) is 37.2 Å². The standard InChI is InChI=1S/C63H41NS/c1-3-15-50(16-4-1)63(51-17-5-2-6-18-51)59-21-11-9-19-55(59)56-35-33-54(41-60(56)63)64(53-34-36-62-58(40-53)57-20-10-12-22-61(57)65-62)52-31-29-43(30-32-52)46-26-24-44-25-28-48(39-49(44)38-46)47-27-23-42-13-7-8-14-45(42)37-47/h1-41H. The molecule has 1 aliphatic carbocycles. The lowest BCUT2D eigenvalue weighted by Gasteiger charge is -2.35. The number of hydrogen-bond donors (Lipinski definition) is 0. The van der Waals surface area contributed by atoms with Crippen LogP contribution < -0.4 is 4.90 Å². The van der Waals surface area contributed by atoms with Gasteiger partial charge < -0.3 is 4.90 Å². The zero-order valence-electron chi connectivity index (χ0n) is 35.5. The molecule has 0 bridgehead atoms. The maximum atomic E-state index is 2.47. The van der Waals surface area contributed by atoms with Gasteiger partial charge in [-0.3, -0.25) is 0 Å². The number of benzene rings is 11.